The molecule has 0 aliphatic carbocycles. The Bertz CT molecular complexity index is 1880. The van der Waals surface area contributed by atoms with Crippen LogP contribution >= 0.6 is 23.2 Å². The van der Waals surface area contributed by atoms with Crippen LogP contribution in [0, 0.1) is 32.6 Å². The van der Waals surface area contributed by atoms with Gasteiger partial charge >= 0.3 is 0 Å². The first-order chi connectivity index (χ1) is 33.1. The van der Waals surface area contributed by atoms with Crippen LogP contribution in [0.2, 0.25) is 10.0 Å². The van der Waals surface area contributed by atoms with Crippen LogP contribution in [0.5, 0.6) is 11.5 Å². The van der Waals surface area contributed by atoms with Gasteiger partial charge in [0.15, 0.2) is 11.5 Å². The normalized spacial score (nSPS) is 13.5. The molecule has 2 amide bonds. The number of halogens is 2. The summed E-state index contributed by atoms with van der Waals surface area (Å²) in [4.78, 5) is 30.7. The fourth-order valence-electron chi connectivity index (χ4n) is 10.5. The predicted molar refractivity (Wildman–Crippen MR) is 294 cm³/mol. The highest BCUT2D eigenvalue weighted by Crippen LogP contribution is 2.44. The smallest absolute Gasteiger partial charge is 0.266 e. The second-order valence-electron chi connectivity index (χ2n) is 20.8. The van der Waals surface area contributed by atoms with Crippen molar-refractivity contribution in [3.05, 3.63) is 62.1 Å². The maximum Gasteiger partial charge on any atom is 0.266 e. The highest BCUT2D eigenvalue weighted by atomic mass is 35.5. The number of rotatable bonds is 39. The van der Waals surface area contributed by atoms with Crippen molar-refractivity contribution in [2.45, 2.75) is 254 Å². The van der Waals surface area contributed by atoms with Crippen LogP contribution in [0.4, 0.5) is 5.69 Å². The van der Waals surface area contributed by atoms with Gasteiger partial charge in [-0.15, -0.1) is 0 Å². The monoisotopic (exact) mass is 976 g/mol. The number of amides is 2. The topological polar surface area (TPSA) is 55.8 Å². The Morgan fingerprint density at radius 1 is 0.426 bits per heavy atom. The molecular formula is C61H95Cl2NO4. The van der Waals surface area contributed by atoms with E-state index in [9.17, 15) is 9.59 Å². The van der Waals surface area contributed by atoms with Crippen molar-refractivity contribution in [3.8, 4) is 11.5 Å². The number of benzene rings is 3. The average Bonchev–Trinajstić information content (AvgIpc) is 3.32. The van der Waals surface area contributed by atoms with Gasteiger partial charge in [0.25, 0.3) is 11.8 Å². The van der Waals surface area contributed by atoms with Crippen LogP contribution in [0.3, 0.4) is 0 Å². The zero-order valence-corrected chi connectivity index (χ0v) is 45.9. The van der Waals surface area contributed by atoms with E-state index in [1.165, 1.54) is 198 Å². The van der Waals surface area contributed by atoms with E-state index in [2.05, 4.69) is 27.7 Å². The number of anilines is 1. The van der Waals surface area contributed by atoms with Crippen LogP contribution in [0.1, 0.15) is 271 Å². The van der Waals surface area contributed by atoms with E-state index in [0.29, 0.717) is 68.8 Å². The molecule has 5 nitrogen and oxygen atoms in total. The first-order valence-electron chi connectivity index (χ1n) is 28.3. The van der Waals surface area contributed by atoms with Crippen LogP contribution in [-0.4, -0.2) is 25.0 Å². The van der Waals surface area contributed by atoms with Gasteiger partial charge in [0.2, 0.25) is 0 Å². The summed E-state index contributed by atoms with van der Waals surface area (Å²) in [5, 5.41) is 2.36. The minimum Gasteiger partial charge on any atom is -0.489 e. The van der Waals surface area contributed by atoms with Crippen molar-refractivity contribution in [1.29, 1.82) is 0 Å². The van der Waals surface area contributed by atoms with Crippen molar-refractivity contribution >= 4 is 51.5 Å². The Hall–Kier alpha value is -2.76. The van der Waals surface area contributed by atoms with E-state index >= 15 is 0 Å². The minimum atomic E-state index is -0.390. The van der Waals surface area contributed by atoms with Gasteiger partial charge in [-0.3, -0.25) is 9.59 Å². The zero-order valence-electron chi connectivity index (χ0n) is 44.3. The third-order valence-electron chi connectivity index (χ3n) is 15.0. The molecule has 0 bridgehead atoms. The van der Waals surface area contributed by atoms with E-state index in [-0.39, 0.29) is 11.8 Å². The third kappa shape index (κ3) is 18.4. The zero-order chi connectivity index (χ0) is 49.1. The number of hydrogen-bond donors (Lipinski definition) is 0. The molecule has 2 unspecified atom stereocenters. The van der Waals surface area contributed by atoms with Gasteiger partial charge in [-0.25, -0.2) is 4.90 Å². The summed E-state index contributed by atoms with van der Waals surface area (Å²) in [6, 6.07) is 7.36. The number of carbonyl (C=O) groups excluding carboxylic acids is 2. The largest absolute Gasteiger partial charge is 0.489 e. The molecule has 1 heterocycles. The van der Waals surface area contributed by atoms with Gasteiger partial charge in [0.1, 0.15) is 0 Å². The van der Waals surface area contributed by atoms with Gasteiger partial charge < -0.3 is 9.47 Å². The lowest BCUT2D eigenvalue weighted by molar-refractivity contribution is 0.0893. The molecule has 0 fully saturated rings. The number of ether oxygens (including phenoxy) is 2. The Balaban J connectivity index is 1.63. The number of nitrogens with zero attached hydrogens (tertiary/aromatic N) is 1. The maximum absolute atomic E-state index is 14.7. The molecule has 4 rings (SSSR count). The summed E-state index contributed by atoms with van der Waals surface area (Å²) >= 11 is 13.6. The van der Waals surface area contributed by atoms with Crippen LogP contribution in [-0.2, 0) is 0 Å². The third-order valence-corrected chi connectivity index (χ3v) is 15.8. The Morgan fingerprint density at radius 2 is 0.735 bits per heavy atom. The van der Waals surface area contributed by atoms with Gasteiger partial charge in [0.05, 0.1) is 30.0 Å². The summed E-state index contributed by atoms with van der Waals surface area (Å²) in [7, 11) is 0. The number of imide groups is 1. The highest BCUT2D eigenvalue weighted by molar-refractivity contribution is 6.41. The molecule has 7 heteroatoms. The molecule has 0 saturated carbocycles. The molecule has 0 radical (unpaired) electrons. The number of aryl methyl sites for hydroxylation is 3. The van der Waals surface area contributed by atoms with Gasteiger partial charge in [-0.2, -0.15) is 0 Å². The summed E-state index contributed by atoms with van der Waals surface area (Å²) in [6.45, 7) is 16.2. The summed E-state index contributed by atoms with van der Waals surface area (Å²) in [6.07, 6.45) is 40.9. The quantitative estimate of drug-likeness (QED) is 0.0422. The number of unbranched alkanes of at least 4 members (excludes halogenated alkanes) is 24. The summed E-state index contributed by atoms with van der Waals surface area (Å²) in [5.41, 5.74) is 3.74. The summed E-state index contributed by atoms with van der Waals surface area (Å²) < 4.78 is 13.9. The van der Waals surface area contributed by atoms with E-state index in [1.807, 2.05) is 32.9 Å². The molecule has 3 aromatic rings. The molecule has 0 N–H and O–H groups in total. The second-order valence-corrected chi connectivity index (χ2v) is 21.7. The van der Waals surface area contributed by atoms with Gasteiger partial charge in [-0.1, -0.05) is 231 Å². The first-order valence-corrected chi connectivity index (χ1v) is 29.0. The number of hydrogen-bond acceptors (Lipinski definition) is 4. The second kappa shape index (κ2) is 33.0. The molecule has 382 valence electrons. The van der Waals surface area contributed by atoms with Crippen LogP contribution < -0.4 is 14.4 Å². The standard InChI is InChI=1S/C61H95Cl2NO4/c1-8-12-16-20-24-26-30-34-38-49(36-32-28-22-18-14-10-3)44-67-56-40-46(5)55(64-60(65)51-41-53(62)47(6)58-48(7)54(63)42-52(59(51)58)61(64)66)43-57(56)68-45-50(37-33-29-23-19-15-11-4)39-35-31-27-25-21-17-13-9-2/h40-43,49-50H,8-39,44-45H2,1-7H3. The van der Waals surface area contributed by atoms with Gasteiger partial charge in [-0.05, 0) is 98.6 Å². The highest BCUT2D eigenvalue weighted by Gasteiger charge is 2.37. The van der Waals surface area contributed by atoms with Gasteiger partial charge in [0, 0.05) is 21.5 Å². The lowest BCUT2D eigenvalue weighted by Crippen LogP contribution is -2.41. The van der Waals surface area contributed by atoms with Crippen molar-refractivity contribution in [2.75, 3.05) is 18.1 Å². The minimum absolute atomic E-state index is 0.390. The average molecular weight is 977 g/mol. The molecule has 1 aliphatic heterocycles. The summed E-state index contributed by atoms with van der Waals surface area (Å²) in [5.74, 6) is 1.41. The molecule has 0 spiro atoms. The SMILES string of the molecule is CCCCCCCCCCC(CCCCCCCC)COc1cc(C)c(N2C(=O)c3cc(Cl)c(C)c4c(C)c(Cl)cc(c34)C2=O)cc1OCC(CCCCCCCC)CCCCCCCCCC. The fourth-order valence-corrected chi connectivity index (χ4v) is 10.9. The Labute approximate surface area is 426 Å². The first kappa shape index (κ1) is 57.8. The molecule has 3 aromatic carbocycles. The van der Waals surface area contributed by atoms with E-state index in [1.54, 1.807) is 12.1 Å². The Morgan fingerprint density at radius 3 is 1.07 bits per heavy atom. The van der Waals surface area contributed by atoms with Crippen LogP contribution in [0.25, 0.3) is 10.8 Å². The maximum atomic E-state index is 14.7. The molecule has 68 heavy (non-hydrogen) atoms. The van der Waals surface area contributed by atoms with Crippen molar-refractivity contribution in [1.82, 2.24) is 0 Å². The molecule has 1 aliphatic rings. The lowest BCUT2D eigenvalue weighted by Gasteiger charge is -2.30. The molecule has 2 atom stereocenters. The fraction of sp³-hybridized carbons (Fsp3) is 0.705. The van der Waals surface area contributed by atoms with Crippen molar-refractivity contribution < 1.29 is 19.1 Å². The predicted octanol–water partition coefficient (Wildman–Crippen LogP) is 20.4. The van der Waals surface area contributed by atoms with E-state index in [4.69, 9.17) is 32.7 Å². The van der Waals surface area contributed by atoms with Crippen molar-refractivity contribution in [3.63, 3.8) is 0 Å². The molecule has 0 saturated heterocycles. The lowest BCUT2D eigenvalue weighted by atomic mass is 9.88. The van der Waals surface area contributed by atoms with E-state index < -0.39 is 0 Å². The van der Waals surface area contributed by atoms with Crippen molar-refractivity contribution in [2.24, 2.45) is 11.8 Å². The Kier molecular flexibility index (Phi) is 28.1. The molecular weight excluding hydrogens is 882 g/mol. The van der Waals surface area contributed by atoms with Crippen LogP contribution in [0.15, 0.2) is 24.3 Å². The van der Waals surface area contributed by atoms with E-state index in [0.717, 1.165) is 34.9 Å². The number of carbonyl (C=O) groups is 2. The molecule has 0 aromatic heterocycles.